The molecule has 3 saturated carbocycles. The molecule has 9 heteroatoms. The molecule has 4 aliphatic carbocycles. The highest BCUT2D eigenvalue weighted by atomic mass is 32.1. The quantitative estimate of drug-likeness (QED) is 0.439. The molecule has 2 spiro atoms. The van der Waals surface area contributed by atoms with Gasteiger partial charge in [-0.15, -0.1) is 11.3 Å². The molecule has 8 nitrogen and oxygen atoms in total. The molecular weight excluding hydrogens is 490 g/mol. The fraction of sp³-hybridized carbons (Fsp3) is 0.786. The van der Waals surface area contributed by atoms with Crippen molar-refractivity contribution >= 4 is 22.3 Å². The molecule has 8 atom stereocenters. The predicted octanol–water partition coefficient (Wildman–Crippen LogP) is 2.08. The first kappa shape index (κ1) is 24.7. The van der Waals surface area contributed by atoms with Crippen molar-refractivity contribution in [2.75, 3.05) is 38.1 Å². The van der Waals surface area contributed by atoms with Crippen molar-refractivity contribution in [1.29, 1.82) is 0 Å². The first-order valence-electron chi connectivity index (χ1n) is 14.0. The van der Waals surface area contributed by atoms with Gasteiger partial charge >= 0.3 is 0 Å². The predicted molar refractivity (Wildman–Crippen MR) is 139 cm³/mol. The number of hydrogen-bond acceptors (Lipinski definition) is 9. The molecule has 6 fully saturated rings. The van der Waals surface area contributed by atoms with Crippen LogP contribution in [-0.2, 0) is 21.4 Å². The van der Waals surface area contributed by atoms with Crippen molar-refractivity contribution in [1.82, 2.24) is 9.88 Å². The highest BCUT2D eigenvalue weighted by molar-refractivity contribution is 7.15. The Morgan fingerprint density at radius 2 is 1.95 bits per heavy atom. The lowest BCUT2D eigenvalue weighted by atomic mass is 9.36. The third kappa shape index (κ3) is 2.81. The second-order valence-corrected chi connectivity index (χ2v) is 14.2. The number of hydrogen-bond donors (Lipinski definition) is 4. The van der Waals surface area contributed by atoms with Crippen LogP contribution in [0.25, 0.3) is 0 Å². The highest BCUT2D eigenvalue weighted by Gasteiger charge is 2.86. The number of rotatable bonds is 4. The second kappa shape index (κ2) is 7.86. The number of carbonyl (C=O) groups is 1. The van der Waals surface area contributed by atoms with Crippen LogP contribution in [0.1, 0.15) is 56.5 Å². The summed E-state index contributed by atoms with van der Waals surface area (Å²) in [5.74, 6) is -3.62. The van der Waals surface area contributed by atoms with Crippen molar-refractivity contribution in [3.8, 4) is 0 Å². The van der Waals surface area contributed by atoms with Gasteiger partial charge in [0, 0.05) is 35.2 Å². The number of Topliss-reactive ketones (excluding diaryl/α,β-unsaturated/α-hetero) is 1. The Bertz CT molecular complexity index is 1160. The Hall–Kier alpha value is -1.36. The summed E-state index contributed by atoms with van der Waals surface area (Å²) in [6.07, 6.45) is 3.43. The maximum absolute atomic E-state index is 13.9. The minimum absolute atomic E-state index is 0.183. The van der Waals surface area contributed by atoms with Crippen molar-refractivity contribution in [3.63, 3.8) is 0 Å². The molecule has 1 aromatic rings. The third-order valence-corrected chi connectivity index (χ3v) is 12.1. The Kier molecular flexibility index (Phi) is 5.24. The molecule has 8 rings (SSSR count). The van der Waals surface area contributed by atoms with E-state index in [2.05, 4.69) is 30.6 Å². The van der Waals surface area contributed by atoms with Gasteiger partial charge in [-0.1, -0.05) is 26.8 Å². The van der Waals surface area contributed by atoms with E-state index in [1.807, 2.05) is 0 Å². The molecule has 1 aromatic heterocycles. The van der Waals surface area contributed by atoms with Gasteiger partial charge in [0.1, 0.15) is 11.5 Å². The normalized spacial score (nSPS) is 45.9. The summed E-state index contributed by atoms with van der Waals surface area (Å²) in [5, 5.41) is 39.9. The second-order valence-electron chi connectivity index (χ2n) is 13.1. The van der Waals surface area contributed by atoms with Crippen LogP contribution in [0.3, 0.4) is 0 Å². The summed E-state index contributed by atoms with van der Waals surface area (Å²) in [7, 11) is 0. The first-order valence-corrected chi connectivity index (χ1v) is 14.8. The number of aromatic nitrogens is 1. The summed E-state index contributed by atoms with van der Waals surface area (Å²) < 4.78 is 6.16. The number of aliphatic hydroxyl groups is 3. The minimum atomic E-state index is -2.14. The maximum atomic E-state index is 13.9. The maximum Gasteiger partial charge on any atom is 0.208 e. The van der Waals surface area contributed by atoms with Gasteiger partial charge in [0.2, 0.25) is 5.79 Å². The smallest absolute Gasteiger partial charge is 0.208 e. The van der Waals surface area contributed by atoms with Crippen molar-refractivity contribution < 1.29 is 24.9 Å². The van der Waals surface area contributed by atoms with Gasteiger partial charge in [-0.3, -0.25) is 4.79 Å². The van der Waals surface area contributed by atoms with Gasteiger partial charge in [-0.25, -0.2) is 4.98 Å². The van der Waals surface area contributed by atoms with E-state index < -0.39 is 34.7 Å². The van der Waals surface area contributed by atoms with Gasteiger partial charge < -0.3 is 30.3 Å². The van der Waals surface area contributed by atoms with Crippen LogP contribution < -0.4 is 5.32 Å². The minimum Gasteiger partial charge on any atom is -0.391 e. The Balaban J connectivity index is 1.31. The van der Waals surface area contributed by atoms with E-state index in [0.717, 1.165) is 48.3 Å². The lowest BCUT2D eigenvalue weighted by Gasteiger charge is -2.73. The van der Waals surface area contributed by atoms with Crippen LogP contribution in [0.2, 0.25) is 0 Å². The van der Waals surface area contributed by atoms with E-state index in [1.165, 1.54) is 19.3 Å². The van der Waals surface area contributed by atoms with E-state index in [-0.39, 0.29) is 29.6 Å². The van der Waals surface area contributed by atoms with E-state index >= 15 is 0 Å². The number of fused-ring (bicyclic) bond motifs is 3. The lowest BCUT2D eigenvalue weighted by Crippen LogP contribution is -2.85. The number of likely N-dealkylation sites (tertiary alicyclic amines) is 1. The number of nitrogens with one attached hydrogen (secondary N) is 1. The van der Waals surface area contributed by atoms with Gasteiger partial charge in [0.05, 0.1) is 18.4 Å². The number of piperidine rings is 1. The van der Waals surface area contributed by atoms with Gasteiger partial charge in [0.15, 0.2) is 10.9 Å². The van der Waals surface area contributed by atoms with E-state index in [9.17, 15) is 20.1 Å². The molecular formula is C28H39N3O5S. The van der Waals surface area contributed by atoms with Crippen LogP contribution in [0.4, 0.5) is 5.13 Å². The van der Waals surface area contributed by atoms with Gasteiger partial charge in [0.25, 0.3) is 0 Å². The lowest BCUT2D eigenvalue weighted by molar-refractivity contribution is -0.429. The number of aliphatic hydroxyl groups excluding tert-OH is 2. The Morgan fingerprint density at radius 3 is 2.70 bits per heavy atom. The van der Waals surface area contributed by atoms with Gasteiger partial charge in [-0.05, 0) is 62.1 Å². The Morgan fingerprint density at radius 1 is 1.19 bits per heavy atom. The zero-order valence-electron chi connectivity index (χ0n) is 21.8. The van der Waals surface area contributed by atoms with Crippen LogP contribution in [0.5, 0.6) is 0 Å². The number of ketones is 1. The molecule has 3 saturated heterocycles. The topological polar surface area (TPSA) is 115 Å². The van der Waals surface area contributed by atoms with Crippen LogP contribution in [0, 0.1) is 28.6 Å². The van der Waals surface area contributed by atoms with Crippen molar-refractivity contribution in [2.24, 2.45) is 28.6 Å². The average molecular weight is 530 g/mol. The SMILES string of the molecule is C=C1C(=O)[C@@]23C(CCC1[C@H]2O)[C@@]12CO[C@@]3(O)[C@@H](O)C1C(C)(C)Cc1sc(NCCN3CCCCC3)nc12. The zero-order valence-corrected chi connectivity index (χ0v) is 22.6. The molecule has 4 heterocycles. The summed E-state index contributed by atoms with van der Waals surface area (Å²) in [6.45, 7) is 12.6. The molecule has 0 radical (unpaired) electrons. The number of ether oxygens (including phenoxy) is 1. The molecule has 3 aliphatic heterocycles. The fourth-order valence-electron chi connectivity index (χ4n) is 9.67. The molecule has 4 N–H and O–H groups in total. The van der Waals surface area contributed by atoms with E-state index in [1.54, 1.807) is 11.3 Å². The molecule has 7 aliphatic rings. The number of thiazole rings is 1. The van der Waals surface area contributed by atoms with Crippen molar-refractivity contribution in [2.45, 2.75) is 75.8 Å². The van der Waals surface area contributed by atoms with Crippen LogP contribution >= 0.6 is 11.3 Å². The average Bonchev–Trinajstić information content (AvgIpc) is 3.30. The fourth-order valence-corrected chi connectivity index (χ4v) is 11.0. The number of nitrogens with zero attached hydrogens (tertiary/aromatic N) is 2. The van der Waals surface area contributed by atoms with E-state index in [4.69, 9.17) is 9.72 Å². The third-order valence-electron chi connectivity index (χ3n) is 11.0. The first-order chi connectivity index (χ1) is 17.6. The molecule has 4 bridgehead atoms. The van der Waals surface area contributed by atoms with Gasteiger partial charge in [-0.2, -0.15) is 0 Å². The molecule has 3 unspecified atom stereocenters. The standard InChI is InChI=1S/C28H39N3O5S/c1-15-16-7-8-18-26-14-36-28(35,27(18,21(15)32)22(16)33)23(34)19(26)25(2,3)13-17-20(26)30-24(37-17)29-9-12-31-10-5-4-6-11-31/h16,18-19,22-23,33-35H,1,4-14H2,2-3H3,(H,29,30)/t16?,18?,19?,22-,23+,26+,27+,28+/m1/s1. The number of anilines is 1. The largest absolute Gasteiger partial charge is 0.391 e. The summed E-state index contributed by atoms with van der Waals surface area (Å²) in [5.41, 5.74) is -1.49. The zero-order chi connectivity index (χ0) is 26.0. The molecule has 0 amide bonds. The summed E-state index contributed by atoms with van der Waals surface area (Å²) in [4.78, 5) is 22.7. The summed E-state index contributed by atoms with van der Waals surface area (Å²) in [6, 6.07) is 0. The number of carbonyl (C=O) groups excluding carboxylic acids is 1. The highest BCUT2D eigenvalue weighted by Crippen LogP contribution is 2.75. The molecule has 202 valence electrons. The van der Waals surface area contributed by atoms with Crippen LogP contribution in [0.15, 0.2) is 12.2 Å². The summed E-state index contributed by atoms with van der Waals surface area (Å²) >= 11 is 1.66. The molecule has 37 heavy (non-hydrogen) atoms. The monoisotopic (exact) mass is 529 g/mol. The van der Waals surface area contributed by atoms with E-state index in [0.29, 0.717) is 18.4 Å². The molecule has 0 aromatic carbocycles. The van der Waals surface area contributed by atoms with Crippen molar-refractivity contribution in [3.05, 3.63) is 22.7 Å². The Labute approximate surface area is 222 Å². The van der Waals surface area contributed by atoms with Crippen LogP contribution in [-0.4, -0.2) is 81.8 Å².